The van der Waals surface area contributed by atoms with Crippen LogP contribution in [0.5, 0.6) is 0 Å². The predicted molar refractivity (Wildman–Crippen MR) is 134 cm³/mol. The maximum atomic E-state index is 12.2. The summed E-state index contributed by atoms with van der Waals surface area (Å²) in [4.78, 5) is 12.2. The summed E-state index contributed by atoms with van der Waals surface area (Å²) in [6.07, 6.45) is 11.6. The van der Waals surface area contributed by atoms with Gasteiger partial charge in [0, 0.05) is 18.8 Å². The average Bonchev–Trinajstić information content (AvgIpc) is 3.07. The number of carbonyl (C=O) groups is 1. The first-order valence-corrected chi connectivity index (χ1v) is 14.1. The lowest BCUT2D eigenvalue weighted by atomic mass is 9.42. The van der Waals surface area contributed by atoms with Gasteiger partial charge in [-0.3, -0.25) is 4.79 Å². The monoisotopic (exact) mass is 461 g/mol. The molecule has 1 amide bonds. The molecule has 0 unspecified atom stereocenters. The molecule has 4 rings (SSSR count). The number of amides is 1. The van der Waals surface area contributed by atoms with Gasteiger partial charge in [0.25, 0.3) is 0 Å². The van der Waals surface area contributed by atoms with E-state index in [4.69, 9.17) is 0 Å². The van der Waals surface area contributed by atoms with Crippen molar-refractivity contribution in [2.45, 2.75) is 130 Å². The van der Waals surface area contributed by atoms with E-state index in [9.17, 15) is 15.0 Å². The molecule has 10 atom stereocenters. The highest BCUT2D eigenvalue weighted by Gasteiger charge is 2.67. The molecule has 4 saturated carbocycles. The van der Waals surface area contributed by atoms with Crippen LogP contribution in [-0.2, 0) is 4.79 Å². The van der Waals surface area contributed by atoms with Crippen molar-refractivity contribution in [3.63, 3.8) is 0 Å². The molecule has 4 aliphatic carbocycles. The second-order valence-corrected chi connectivity index (χ2v) is 13.6. The van der Waals surface area contributed by atoms with Crippen LogP contribution in [0.4, 0.5) is 0 Å². The van der Waals surface area contributed by atoms with Crippen molar-refractivity contribution < 1.29 is 15.0 Å². The van der Waals surface area contributed by atoms with Gasteiger partial charge in [-0.25, -0.2) is 0 Å². The summed E-state index contributed by atoms with van der Waals surface area (Å²) < 4.78 is 0. The third kappa shape index (κ3) is 4.20. The van der Waals surface area contributed by atoms with Gasteiger partial charge in [-0.1, -0.05) is 53.9 Å². The minimum atomic E-state index is -1.01. The maximum absolute atomic E-state index is 12.2. The molecular weight excluding hydrogens is 410 g/mol. The molecule has 0 aliphatic heterocycles. The number of aliphatic hydroxyl groups is 2. The first-order valence-electron chi connectivity index (χ1n) is 14.1. The van der Waals surface area contributed by atoms with Crippen LogP contribution >= 0.6 is 0 Å². The molecule has 190 valence electrons. The highest BCUT2D eigenvalue weighted by atomic mass is 16.3. The van der Waals surface area contributed by atoms with Crippen molar-refractivity contribution in [2.24, 2.45) is 46.3 Å². The molecule has 4 fully saturated rings. The molecule has 0 radical (unpaired) electrons. The zero-order valence-corrected chi connectivity index (χ0v) is 22.2. The fraction of sp³-hybridized carbons (Fsp3) is 0.966. The minimum absolute atomic E-state index is 0.0593. The molecular formula is C29H51NO3. The molecule has 0 saturated heterocycles. The number of rotatable bonds is 6. The average molecular weight is 462 g/mol. The Morgan fingerprint density at radius 3 is 2.42 bits per heavy atom. The van der Waals surface area contributed by atoms with Gasteiger partial charge in [-0.05, 0) is 85.9 Å². The van der Waals surface area contributed by atoms with Gasteiger partial charge < -0.3 is 15.5 Å². The van der Waals surface area contributed by atoms with E-state index >= 15 is 0 Å². The number of aliphatic hydroxyl groups excluding tert-OH is 1. The summed E-state index contributed by atoms with van der Waals surface area (Å²) in [5, 5.41) is 25.7. The minimum Gasteiger partial charge on any atom is -0.393 e. The van der Waals surface area contributed by atoms with Crippen LogP contribution in [0, 0.1) is 46.3 Å². The van der Waals surface area contributed by atoms with Crippen LogP contribution in [-0.4, -0.2) is 33.9 Å². The van der Waals surface area contributed by atoms with Gasteiger partial charge in [-0.15, -0.1) is 0 Å². The molecule has 3 N–H and O–H groups in total. The predicted octanol–water partition coefficient (Wildman–Crippen LogP) is 5.70. The van der Waals surface area contributed by atoms with E-state index in [0.29, 0.717) is 29.6 Å². The molecule has 0 heterocycles. The van der Waals surface area contributed by atoms with Crippen LogP contribution in [0.1, 0.15) is 112 Å². The molecule has 4 nitrogen and oxygen atoms in total. The lowest BCUT2D eigenvalue weighted by Crippen LogP contribution is -2.71. The van der Waals surface area contributed by atoms with E-state index in [1.54, 1.807) is 6.92 Å². The Balaban J connectivity index is 1.58. The molecule has 0 bridgehead atoms. The Hall–Kier alpha value is -0.610. The molecule has 4 aliphatic rings. The van der Waals surface area contributed by atoms with E-state index in [1.807, 2.05) is 0 Å². The van der Waals surface area contributed by atoms with E-state index < -0.39 is 11.7 Å². The standard InChI is InChI=1S/C29H51NO3/c1-18(2)8-7-9-19(3)23-10-11-24-22-16-26(30-20(4)31)29(33)17-21(32)12-15-28(29,6)25(22)13-14-27(23,24)5/h18-19,21-26,32-33H,7-17H2,1-6H3,(H,30,31)/t19-,21+,22+,23-,24+,25+,26-,27-,28-,29+/m1/s1. The Bertz CT molecular complexity index is 724. The Morgan fingerprint density at radius 1 is 1.03 bits per heavy atom. The van der Waals surface area contributed by atoms with Crippen molar-refractivity contribution in [1.29, 1.82) is 0 Å². The van der Waals surface area contributed by atoms with Crippen molar-refractivity contribution in [2.75, 3.05) is 0 Å². The zero-order valence-electron chi connectivity index (χ0n) is 22.2. The lowest BCUT2D eigenvalue weighted by Gasteiger charge is -2.66. The van der Waals surface area contributed by atoms with Crippen LogP contribution in [0.15, 0.2) is 0 Å². The molecule has 33 heavy (non-hydrogen) atoms. The van der Waals surface area contributed by atoms with Gasteiger partial charge >= 0.3 is 0 Å². The zero-order chi connectivity index (χ0) is 24.2. The van der Waals surface area contributed by atoms with E-state index in [2.05, 4.69) is 39.9 Å². The summed E-state index contributed by atoms with van der Waals surface area (Å²) in [6.45, 7) is 13.6. The molecule has 0 aromatic rings. The number of fused-ring (bicyclic) bond motifs is 5. The van der Waals surface area contributed by atoms with Crippen LogP contribution < -0.4 is 5.32 Å². The van der Waals surface area contributed by atoms with Crippen LogP contribution in [0.3, 0.4) is 0 Å². The third-order valence-electron chi connectivity index (χ3n) is 11.5. The summed E-state index contributed by atoms with van der Waals surface area (Å²) in [5.41, 5.74) is -0.850. The quantitative estimate of drug-likeness (QED) is 0.475. The topological polar surface area (TPSA) is 69.6 Å². The summed E-state index contributed by atoms with van der Waals surface area (Å²) in [6, 6.07) is -0.249. The number of hydrogen-bond acceptors (Lipinski definition) is 3. The third-order valence-corrected chi connectivity index (χ3v) is 11.5. The molecule has 0 spiro atoms. The molecule has 4 heteroatoms. The van der Waals surface area contributed by atoms with Gasteiger partial charge in [-0.2, -0.15) is 0 Å². The number of hydrogen-bond donors (Lipinski definition) is 3. The second-order valence-electron chi connectivity index (χ2n) is 13.6. The second kappa shape index (κ2) is 9.12. The van der Waals surface area contributed by atoms with Crippen molar-refractivity contribution in [1.82, 2.24) is 5.32 Å². The highest BCUT2D eigenvalue weighted by molar-refractivity contribution is 5.73. The van der Waals surface area contributed by atoms with Gasteiger partial charge in [0.15, 0.2) is 0 Å². The Kier molecular flexibility index (Phi) is 7.04. The maximum Gasteiger partial charge on any atom is 0.217 e. The van der Waals surface area contributed by atoms with E-state index in [0.717, 1.165) is 37.0 Å². The SMILES string of the molecule is CC(=O)N[C@@H]1C[C@H]2[C@@H]3CC[C@H]([C@H](C)CCCC(C)C)[C@@]3(C)CC[C@@H]2[C@@]2(C)CC[C@H](O)C[C@]12O. The summed E-state index contributed by atoms with van der Waals surface area (Å²) in [7, 11) is 0. The van der Waals surface area contributed by atoms with Gasteiger partial charge in [0.05, 0.1) is 17.7 Å². The van der Waals surface area contributed by atoms with Crippen molar-refractivity contribution in [3.05, 3.63) is 0 Å². The Morgan fingerprint density at radius 2 is 1.76 bits per heavy atom. The molecule has 0 aromatic heterocycles. The van der Waals surface area contributed by atoms with E-state index in [-0.39, 0.29) is 17.4 Å². The fourth-order valence-corrected chi connectivity index (χ4v) is 9.75. The van der Waals surface area contributed by atoms with Crippen LogP contribution in [0.2, 0.25) is 0 Å². The lowest BCUT2D eigenvalue weighted by molar-refractivity contribution is -0.233. The smallest absolute Gasteiger partial charge is 0.217 e. The molecule has 0 aromatic carbocycles. The normalized spacial score (nSPS) is 48.0. The summed E-state index contributed by atoms with van der Waals surface area (Å²) in [5.74, 6) is 4.07. The van der Waals surface area contributed by atoms with E-state index in [1.165, 1.54) is 44.9 Å². The fourth-order valence-electron chi connectivity index (χ4n) is 9.75. The largest absolute Gasteiger partial charge is 0.393 e. The van der Waals surface area contributed by atoms with Gasteiger partial charge in [0.2, 0.25) is 5.91 Å². The van der Waals surface area contributed by atoms with Crippen molar-refractivity contribution in [3.8, 4) is 0 Å². The first-order chi connectivity index (χ1) is 15.4. The number of nitrogens with one attached hydrogen (secondary N) is 1. The first kappa shape index (κ1) is 25.5. The highest BCUT2D eigenvalue weighted by Crippen LogP contribution is 2.69. The van der Waals surface area contributed by atoms with Crippen LogP contribution in [0.25, 0.3) is 0 Å². The van der Waals surface area contributed by atoms with Gasteiger partial charge in [0.1, 0.15) is 0 Å². The Labute approximate surface area is 202 Å². The van der Waals surface area contributed by atoms with Crippen molar-refractivity contribution >= 4 is 5.91 Å². The summed E-state index contributed by atoms with van der Waals surface area (Å²) >= 11 is 0. The number of carbonyl (C=O) groups excluding carboxylic acids is 1.